The molecule has 158 valence electrons. The predicted molar refractivity (Wildman–Crippen MR) is 109 cm³/mol. The molecule has 0 aliphatic carbocycles. The van der Waals surface area contributed by atoms with Gasteiger partial charge in [-0.05, 0) is 34.4 Å². The molecule has 2 aromatic heterocycles. The molecule has 6 nitrogen and oxygen atoms in total. The maximum absolute atomic E-state index is 12.9. The molecule has 0 aliphatic heterocycles. The molecule has 0 saturated heterocycles. The summed E-state index contributed by atoms with van der Waals surface area (Å²) in [6, 6.07) is 17.7. The molecule has 2 heterocycles. The maximum Gasteiger partial charge on any atom is 0.416 e. The van der Waals surface area contributed by atoms with Gasteiger partial charge < -0.3 is 5.32 Å². The fourth-order valence-electron chi connectivity index (χ4n) is 3.02. The van der Waals surface area contributed by atoms with Gasteiger partial charge in [0.2, 0.25) is 11.7 Å². The number of amides is 1. The van der Waals surface area contributed by atoms with Crippen LogP contribution in [0, 0.1) is 0 Å². The fourth-order valence-corrected chi connectivity index (χ4v) is 3.82. The number of hydrogen-bond donors (Lipinski definition) is 1. The van der Waals surface area contributed by atoms with Crippen molar-refractivity contribution >= 4 is 17.2 Å². The van der Waals surface area contributed by atoms with Crippen molar-refractivity contribution in [1.29, 1.82) is 0 Å². The highest BCUT2D eigenvalue weighted by molar-refractivity contribution is 7.10. The molecule has 2 aromatic carbocycles. The number of benzene rings is 2. The van der Waals surface area contributed by atoms with Crippen molar-refractivity contribution in [3.8, 4) is 11.4 Å². The summed E-state index contributed by atoms with van der Waals surface area (Å²) in [7, 11) is 0. The van der Waals surface area contributed by atoms with Gasteiger partial charge in [-0.2, -0.15) is 18.0 Å². The van der Waals surface area contributed by atoms with Crippen molar-refractivity contribution in [3.05, 3.63) is 88.1 Å². The van der Waals surface area contributed by atoms with Gasteiger partial charge in [0, 0.05) is 10.4 Å². The Labute approximate surface area is 179 Å². The number of nitrogens with zero attached hydrogens (tertiary/aromatic N) is 4. The summed E-state index contributed by atoms with van der Waals surface area (Å²) in [5, 5.41) is 16.5. The van der Waals surface area contributed by atoms with Crippen molar-refractivity contribution in [2.45, 2.75) is 18.8 Å². The zero-order valence-corrected chi connectivity index (χ0v) is 16.8. The van der Waals surface area contributed by atoms with Gasteiger partial charge in [0.1, 0.15) is 6.54 Å². The third-order valence-corrected chi connectivity index (χ3v) is 5.39. The predicted octanol–water partition coefficient (Wildman–Crippen LogP) is 4.33. The van der Waals surface area contributed by atoms with Gasteiger partial charge >= 0.3 is 6.18 Å². The second-order valence-electron chi connectivity index (χ2n) is 6.65. The number of hydrogen-bond acceptors (Lipinski definition) is 5. The van der Waals surface area contributed by atoms with Crippen molar-refractivity contribution in [2.24, 2.45) is 0 Å². The van der Waals surface area contributed by atoms with Crippen LogP contribution in [0.2, 0.25) is 0 Å². The zero-order valence-electron chi connectivity index (χ0n) is 16.0. The smallest absolute Gasteiger partial charge is 0.343 e. The SMILES string of the molecule is O=C(Cn1nnc(-c2cccc(C(F)(F)F)c2)n1)NC(c1ccccc1)c1cccs1. The summed E-state index contributed by atoms with van der Waals surface area (Å²) in [6.07, 6.45) is -4.47. The number of halogens is 3. The summed E-state index contributed by atoms with van der Waals surface area (Å²) in [6.45, 7) is -0.222. The van der Waals surface area contributed by atoms with Crippen LogP contribution in [0.25, 0.3) is 11.4 Å². The van der Waals surface area contributed by atoms with Crippen LogP contribution in [-0.2, 0) is 17.5 Å². The van der Waals surface area contributed by atoms with Crippen molar-refractivity contribution in [1.82, 2.24) is 25.5 Å². The molecule has 0 aliphatic rings. The Morgan fingerprint density at radius 2 is 1.87 bits per heavy atom. The molecule has 1 unspecified atom stereocenters. The number of alkyl halides is 3. The Morgan fingerprint density at radius 1 is 1.06 bits per heavy atom. The molecule has 0 fully saturated rings. The summed E-state index contributed by atoms with van der Waals surface area (Å²) < 4.78 is 38.8. The van der Waals surface area contributed by atoms with E-state index in [1.807, 2.05) is 47.8 Å². The molecule has 0 bridgehead atoms. The lowest BCUT2D eigenvalue weighted by atomic mass is 10.1. The first-order valence-corrected chi connectivity index (χ1v) is 10.1. The molecule has 31 heavy (non-hydrogen) atoms. The first-order chi connectivity index (χ1) is 14.9. The zero-order chi connectivity index (χ0) is 21.8. The maximum atomic E-state index is 12.9. The highest BCUT2D eigenvalue weighted by Crippen LogP contribution is 2.31. The average Bonchev–Trinajstić information content (AvgIpc) is 3.45. The Hall–Kier alpha value is -3.53. The first-order valence-electron chi connectivity index (χ1n) is 9.23. The van der Waals surface area contributed by atoms with Gasteiger partial charge in [-0.25, -0.2) is 0 Å². The van der Waals surface area contributed by atoms with Crippen LogP contribution >= 0.6 is 11.3 Å². The van der Waals surface area contributed by atoms with E-state index in [9.17, 15) is 18.0 Å². The van der Waals surface area contributed by atoms with Crippen LogP contribution in [-0.4, -0.2) is 26.1 Å². The number of aromatic nitrogens is 4. The van der Waals surface area contributed by atoms with Crippen molar-refractivity contribution < 1.29 is 18.0 Å². The van der Waals surface area contributed by atoms with E-state index >= 15 is 0 Å². The van der Waals surface area contributed by atoms with Crippen LogP contribution in [0.1, 0.15) is 22.0 Å². The number of nitrogens with one attached hydrogen (secondary N) is 1. The van der Waals surface area contributed by atoms with Crippen LogP contribution in [0.15, 0.2) is 72.1 Å². The highest BCUT2D eigenvalue weighted by atomic mass is 32.1. The third-order valence-electron chi connectivity index (χ3n) is 4.45. The third kappa shape index (κ3) is 4.97. The molecule has 4 rings (SSSR count). The number of carbonyl (C=O) groups is 1. The van der Waals surface area contributed by atoms with E-state index < -0.39 is 11.7 Å². The minimum atomic E-state index is -4.47. The molecule has 10 heteroatoms. The highest BCUT2D eigenvalue weighted by Gasteiger charge is 2.30. The monoisotopic (exact) mass is 443 g/mol. The Balaban J connectivity index is 1.49. The topological polar surface area (TPSA) is 72.7 Å². The minimum Gasteiger partial charge on any atom is -0.343 e. The average molecular weight is 443 g/mol. The molecule has 1 atom stereocenters. The van der Waals surface area contributed by atoms with E-state index in [1.54, 1.807) is 0 Å². The second-order valence-corrected chi connectivity index (χ2v) is 7.63. The van der Waals surface area contributed by atoms with E-state index in [1.165, 1.54) is 23.5 Å². The van der Waals surface area contributed by atoms with Gasteiger partial charge in [0.15, 0.2) is 0 Å². The molecule has 1 N–H and O–H groups in total. The molecular formula is C21H16F3N5OS. The molecule has 1 amide bonds. The number of tetrazole rings is 1. The first kappa shape index (κ1) is 20.7. The van der Waals surface area contributed by atoms with E-state index in [-0.39, 0.29) is 29.9 Å². The fraction of sp³-hybridized carbons (Fsp3) is 0.143. The van der Waals surface area contributed by atoms with E-state index in [2.05, 4.69) is 20.7 Å². The van der Waals surface area contributed by atoms with Crippen LogP contribution in [0.4, 0.5) is 13.2 Å². The summed E-state index contributed by atoms with van der Waals surface area (Å²) in [5.74, 6) is -0.341. The molecule has 0 spiro atoms. The summed E-state index contributed by atoms with van der Waals surface area (Å²) in [5.41, 5.74) is 0.289. The van der Waals surface area contributed by atoms with Crippen LogP contribution < -0.4 is 5.32 Å². The lowest BCUT2D eigenvalue weighted by molar-refractivity contribution is -0.137. The number of carbonyl (C=O) groups excluding carboxylic acids is 1. The second kappa shape index (κ2) is 8.68. The Morgan fingerprint density at radius 3 is 2.58 bits per heavy atom. The summed E-state index contributed by atoms with van der Waals surface area (Å²) >= 11 is 1.52. The van der Waals surface area contributed by atoms with Gasteiger partial charge in [-0.1, -0.05) is 48.5 Å². The molecule has 0 radical (unpaired) electrons. The van der Waals surface area contributed by atoms with E-state index in [4.69, 9.17) is 0 Å². The van der Waals surface area contributed by atoms with Gasteiger partial charge in [-0.3, -0.25) is 4.79 Å². The van der Waals surface area contributed by atoms with Gasteiger partial charge in [0.05, 0.1) is 11.6 Å². The number of rotatable bonds is 6. The normalized spacial score (nSPS) is 12.5. The Bertz CT molecular complexity index is 1160. The quantitative estimate of drug-likeness (QED) is 0.482. The van der Waals surface area contributed by atoms with Crippen LogP contribution in [0.5, 0.6) is 0 Å². The van der Waals surface area contributed by atoms with E-state index in [0.717, 1.165) is 27.4 Å². The van der Waals surface area contributed by atoms with Gasteiger partial charge in [0.25, 0.3) is 0 Å². The minimum absolute atomic E-state index is 0.0109. The van der Waals surface area contributed by atoms with Crippen molar-refractivity contribution in [3.63, 3.8) is 0 Å². The van der Waals surface area contributed by atoms with Gasteiger partial charge in [-0.15, -0.1) is 21.5 Å². The molecule has 0 saturated carbocycles. The van der Waals surface area contributed by atoms with Crippen molar-refractivity contribution in [2.75, 3.05) is 0 Å². The number of thiophene rings is 1. The van der Waals surface area contributed by atoms with Crippen LogP contribution in [0.3, 0.4) is 0 Å². The standard InChI is InChI=1S/C21H16F3N5OS/c22-21(23,24)16-9-4-8-15(12-16)20-26-28-29(27-20)13-18(30)25-19(17-10-5-11-31-17)14-6-2-1-3-7-14/h1-12,19H,13H2,(H,25,30). The lowest BCUT2D eigenvalue weighted by Crippen LogP contribution is -2.32. The largest absolute Gasteiger partial charge is 0.416 e. The lowest BCUT2D eigenvalue weighted by Gasteiger charge is -2.17. The van der Waals surface area contributed by atoms with E-state index in [0.29, 0.717) is 0 Å². The molecular weight excluding hydrogens is 427 g/mol. The Kier molecular flexibility index (Phi) is 5.81. The molecule has 4 aromatic rings. The summed E-state index contributed by atoms with van der Waals surface area (Å²) in [4.78, 5) is 14.7.